The van der Waals surface area contributed by atoms with Crippen LogP contribution in [0.3, 0.4) is 0 Å². The Balaban J connectivity index is 2.13. The minimum Gasteiger partial charge on any atom is -0.494 e. The van der Waals surface area contributed by atoms with Crippen molar-refractivity contribution < 1.29 is 15.0 Å². The van der Waals surface area contributed by atoms with Gasteiger partial charge in [-0.15, -0.1) is 0 Å². The maximum Gasteiger partial charge on any atom is 0.280 e. The summed E-state index contributed by atoms with van der Waals surface area (Å²) in [6.07, 6.45) is 1.40. The molecule has 0 fully saturated rings. The molecule has 1 aromatic heterocycles. The molecule has 29 heavy (non-hydrogen) atoms. The standard InChI is InChI=1S/C20H17ClN4O4/c1-11-15(18(27)24(7-8-26)19(28)17(11)10-22)9-16-12(2)23-25(20(16)29)14-5-3-13(21)4-6-14/h3-6,9,26-27H,7-8H2,1-2H3/b16-9+. The summed E-state index contributed by atoms with van der Waals surface area (Å²) in [6, 6.07) is 8.40. The van der Waals surface area contributed by atoms with Crippen molar-refractivity contribution in [2.75, 3.05) is 11.6 Å². The minimum atomic E-state index is -0.704. The number of pyridine rings is 1. The quantitative estimate of drug-likeness (QED) is 0.746. The second-order valence-corrected chi connectivity index (χ2v) is 6.80. The molecular weight excluding hydrogens is 396 g/mol. The van der Waals surface area contributed by atoms with Gasteiger partial charge in [0.1, 0.15) is 11.6 Å². The highest BCUT2D eigenvalue weighted by atomic mass is 35.5. The summed E-state index contributed by atoms with van der Waals surface area (Å²) in [5.74, 6) is -0.861. The number of aliphatic hydroxyl groups is 1. The van der Waals surface area contributed by atoms with Crippen LogP contribution in [0.5, 0.6) is 5.88 Å². The molecule has 0 aliphatic carbocycles. The molecule has 9 heteroatoms. The Labute approximate surface area is 171 Å². The van der Waals surface area contributed by atoms with Crippen LogP contribution in [0.2, 0.25) is 5.02 Å². The lowest BCUT2D eigenvalue weighted by Gasteiger charge is -2.14. The lowest BCUT2D eigenvalue weighted by Crippen LogP contribution is -2.26. The molecule has 0 radical (unpaired) electrons. The van der Waals surface area contributed by atoms with E-state index in [-0.39, 0.29) is 28.8 Å². The molecule has 0 atom stereocenters. The first-order valence-corrected chi connectivity index (χ1v) is 9.02. The number of hydrogen-bond donors (Lipinski definition) is 2. The minimum absolute atomic E-state index is 0.144. The molecule has 2 aromatic rings. The third kappa shape index (κ3) is 3.53. The molecule has 8 nitrogen and oxygen atoms in total. The molecular formula is C20H17ClN4O4. The smallest absolute Gasteiger partial charge is 0.280 e. The zero-order valence-corrected chi connectivity index (χ0v) is 16.4. The second-order valence-electron chi connectivity index (χ2n) is 6.37. The molecule has 2 heterocycles. The number of nitriles is 1. The lowest BCUT2D eigenvalue weighted by molar-refractivity contribution is -0.114. The Hall–Kier alpha value is -3.41. The van der Waals surface area contributed by atoms with Crippen molar-refractivity contribution in [3.05, 3.63) is 61.9 Å². The first-order chi connectivity index (χ1) is 13.8. The van der Waals surface area contributed by atoms with Gasteiger partial charge in [-0.2, -0.15) is 15.4 Å². The van der Waals surface area contributed by atoms with Crippen LogP contribution < -0.4 is 10.6 Å². The van der Waals surface area contributed by atoms with Crippen molar-refractivity contribution in [1.82, 2.24) is 4.57 Å². The molecule has 2 N–H and O–H groups in total. The van der Waals surface area contributed by atoms with E-state index in [1.54, 1.807) is 31.2 Å². The second kappa shape index (κ2) is 7.91. The highest BCUT2D eigenvalue weighted by molar-refractivity contribution is 6.32. The van der Waals surface area contributed by atoms with E-state index in [2.05, 4.69) is 5.10 Å². The summed E-state index contributed by atoms with van der Waals surface area (Å²) >= 11 is 5.89. The number of hydrogen-bond acceptors (Lipinski definition) is 6. The van der Waals surface area contributed by atoms with Crippen LogP contribution in [0, 0.1) is 18.3 Å². The largest absolute Gasteiger partial charge is 0.494 e. The van der Waals surface area contributed by atoms with Crippen LogP contribution in [0.1, 0.15) is 23.6 Å². The van der Waals surface area contributed by atoms with Crippen LogP contribution in [-0.2, 0) is 11.3 Å². The number of amides is 1. The fourth-order valence-electron chi connectivity index (χ4n) is 3.04. The maximum absolute atomic E-state index is 12.9. The first kappa shape index (κ1) is 20.3. The Bertz CT molecular complexity index is 1160. The molecule has 3 rings (SSSR count). The number of aromatic hydroxyl groups is 1. The number of benzene rings is 1. The third-order valence-corrected chi connectivity index (χ3v) is 4.84. The fraction of sp³-hybridized carbons (Fsp3) is 0.200. The Morgan fingerprint density at radius 1 is 1.24 bits per heavy atom. The predicted octanol–water partition coefficient (Wildman–Crippen LogP) is 2.19. The summed E-state index contributed by atoms with van der Waals surface area (Å²) in [7, 11) is 0. The van der Waals surface area contributed by atoms with Crippen molar-refractivity contribution >= 4 is 35.0 Å². The molecule has 0 bridgehead atoms. The third-order valence-electron chi connectivity index (χ3n) is 4.59. The van der Waals surface area contributed by atoms with E-state index in [1.807, 2.05) is 6.07 Å². The van der Waals surface area contributed by atoms with Crippen LogP contribution in [-0.4, -0.2) is 33.0 Å². The van der Waals surface area contributed by atoms with Crippen LogP contribution in [0.15, 0.2) is 39.7 Å². The van der Waals surface area contributed by atoms with E-state index in [1.165, 1.54) is 18.0 Å². The number of carbonyl (C=O) groups is 1. The maximum atomic E-state index is 12.9. The Morgan fingerprint density at radius 3 is 2.48 bits per heavy atom. The van der Waals surface area contributed by atoms with E-state index in [9.17, 15) is 25.1 Å². The van der Waals surface area contributed by atoms with Gasteiger partial charge < -0.3 is 10.2 Å². The summed E-state index contributed by atoms with van der Waals surface area (Å²) in [5.41, 5.74) is 0.639. The van der Waals surface area contributed by atoms with Gasteiger partial charge in [-0.25, -0.2) is 0 Å². The Kier molecular flexibility index (Phi) is 5.55. The number of nitrogens with zero attached hydrogens (tertiary/aromatic N) is 4. The van der Waals surface area contributed by atoms with Gasteiger partial charge in [0.2, 0.25) is 5.88 Å². The van der Waals surface area contributed by atoms with Crippen molar-refractivity contribution in [2.45, 2.75) is 20.4 Å². The van der Waals surface area contributed by atoms with Gasteiger partial charge in [-0.1, -0.05) is 11.6 Å². The molecule has 1 aliphatic rings. The van der Waals surface area contributed by atoms with Crippen LogP contribution in [0.25, 0.3) is 6.08 Å². The molecule has 0 spiro atoms. The number of aliphatic hydroxyl groups excluding tert-OH is 1. The number of rotatable bonds is 4. The zero-order valence-electron chi connectivity index (χ0n) is 15.7. The molecule has 1 amide bonds. The molecule has 148 valence electrons. The molecule has 1 aliphatic heterocycles. The molecule has 0 saturated carbocycles. The van der Waals surface area contributed by atoms with Crippen molar-refractivity contribution in [3.8, 4) is 11.9 Å². The van der Waals surface area contributed by atoms with Gasteiger partial charge >= 0.3 is 0 Å². The van der Waals surface area contributed by atoms with Gasteiger partial charge in [0.05, 0.1) is 30.1 Å². The highest BCUT2D eigenvalue weighted by Gasteiger charge is 2.30. The fourth-order valence-corrected chi connectivity index (χ4v) is 3.16. The van der Waals surface area contributed by atoms with Gasteiger partial charge in [-0.3, -0.25) is 14.2 Å². The topological polar surface area (TPSA) is 119 Å². The van der Waals surface area contributed by atoms with Crippen LogP contribution in [0.4, 0.5) is 5.69 Å². The predicted molar refractivity (Wildman–Crippen MR) is 109 cm³/mol. The van der Waals surface area contributed by atoms with Gasteiger partial charge in [0.15, 0.2) is 0 Å². The van der Waals surface area contributed by atoms with Crippen molar-refractivity contribution in [1.29, 1.82) is 5.26 Å². The van der Waals surface area contributed by atoms with Gasteiger partial charge in [0.25, 0.3) is 11.5 Å². The summed E-state index contributed by atoms with van der Waals surface area (Å²) < 4.78 is 0.904. The molecule has 1 aromatic carbocycles. The molecule has 0 saturated heterocycles. The summed E-state index contributed by atoms with van der Waals surface area (Å²) in [5, 5.41) is 35.1. The monoisotopic (exact) mass is 412 g/mol. The highest BCUT2D eigenvalue weighted by Crippen LogP contribution is 2.29. The number of halogens is 1. The van der Waals surface area contributed by atoms with Crippen molar-refractivity contribution in [3.63, 3.8) is 0 Å². The normalized spacial score (nSPS) is 15.0. The molecule has 0 unspecified atom stereocenters. The zero-order chi connectivity index (χ0) is 21.3. The van der Waals surface area contributed by atoms with Crippen molar-refractivity contribution in [2.24, 2.45) is 5.10 Å². The number of carbonyl (C=O) groups excluding carboxylic acids is 1. The SMILES string of the molecule is CC1=NN(c2ccc(Cl)cc2)C(=O)/C1=C/c1c(C)c(C#N)c(=O)n(CCO)c1O. The average Bonchev–Trinajstić information content (AvgIpc) is 2.97. The Morgan fingerprint density at radius 2 is 1.90 bits per heavy atom. The van der Waals surface area contributed by atoms with Crippen LogP contribution >= 0.6 is 11.6 Å². The summed E-state index contributed by atoms with van der Waals surface area (Å²) in [6.45, 7) is 2.56. The van der Waals surface area contributed by atoms with E-state index in [0.29, 0.717) is 16.4 Å². The van der Waals surface area contributed by atoms with Gasteiger partial charge in [-0.05, 0) is 49.8 Å². The van der Waals surface area contributed by atoms with E-state index >= 15 is 0 Å². The average molecular weight is 413 g/mol. The number of aromatic nitrogens is 1. The summed E-state index contributed by atoms with van der Waals surface area (Å²) in [4.78, 5) is 25.3. The van der Waals surface area contributed by atoms with Gasteiger partial charge in [0, 0.05) is 10.6 Å². The number of anilines is 1. The van der Waals surface area contributed by atoms with E-state index in [0.717, 1.165) is 4.57 Å². The van der Waals surface area contributed by atoms with E-state index < -0.39 is 24.0 Å². The van der Waals surface area contributed by atoms with E-state index in [4.69, 9.17) is 11.6 Å². The number of hydrazone groups is 1. The lowest BCUT2D eigenvalue weighted by atomic mass is 10.0. The first-order valence-electron chi connectivity index (χ1n) is 8.64.